The fourth-order valence-electron chi connectivity index (χ4n) is 4.66. The highest BCUT2D eigenvalue weighted by atomic mass is 16.6. The molecule has 0 aliphatic carbocycles. The molecule has 0 aliphatic heterocycles. The number of nitrogens with zero attached hydrogens (tertiary/aromatic N) is 3. The summed E-state index contributed by atoms with van der Waals surface area (Å²) in [4.78, 5) is 50.4. The summed E-state index contributed by atoms with van der Waals surface area (Å²) >= 11 is 0. The molecule has 1 unspecified atom stereocenters. The summed E-state index contributed by atoms with van der Waals surface area (Å²) in [6, 6.07) is 14.8. The van der Waals surface area contributed by atoms with Crippen LogP contribution < -0.4 is 16.4 Å². The highest BCUT2D eigenvalue weighted by Crippen LogP contribution is 2.24. The van der Waals surface area contributed by atoms with Gasteiger partial charge in [-0.15, -0.1) is 0 Å². The number of nitriles is 1. The summed E-state index contributed by atoms with van der Waals surface area (Å²) in [5.74, 6) is -1.02. The monoisotopic (exact) mass is 629 g/mol. The SMILES string of the molecule is Cn1c(=O)oc2ccc(-c3ccc(C[C@@H](C#N)NC(=O)C(Cc4ccn(C(=O)OC(C)(C)C)c4)NC(=O)OC(C)(C)C)cc3)cc21. The van der Waals surface area contributed by atoms with Gasteiger partial charge in [0.15, 0.2) is 5.58 Å². The van der Waals surface area contributed by atoms with E-state index in [2.05, 4.69) is 16.7 Å². The fourth-order valence-corrected chi connectivity index (χ4v) is 4.66. The Balaban J connectivity index is 1.46. The molecule has 2 atom stereocenters. The van der Waals surface area contributed by atoms with Crippen LogP contribution in [0.4, 0.5) is 9.59 Å². The molecule has 0 spiro atoms. The lowest BCUT2D eigenvalue weighted by Gasteiger charge is -2.24. The Hall–Kier alpha value is -5.31. The Bertz CT molecular complexity index is 1830. The number of benzene rings is 2. The number of ether oxygens (including phenoxy) is 2. The molecule has 0 saturated heterocycles. The minimum atomic E-state index is -1.10. The van der Waals surface area contributed by atoms with Crippen molar-refractivity contribution >= 4 is 29.2 Å². The molecule has 2 amide bonds. The predicted octanol–water partition coefficient (Wildman–Crippen LogP) is 5.07. The van der Waals surface area contributed by atoms with E-state index in [4.69, 9.17) is 13.9 Å². The van der Waals surface area contributed by atoms with Gasteiger partial charge in [-0.1, -0.05) is 30.3 Å². The van der Waals surface area contributed by atoms with E-state index in [0.717, 1.165) is 16.7 Å². The molecule has 0 aliphatic rings. The molecule has 2 N–H and O–H groups in total. The van der Waals surface area contributed by atoms with E-state index >= 15 is 0 Å². The number of hydrogen-bond donors (Lipinski definition) is 2. The van der Waals surface area contributed by atoms with Gasteiger partial charge in [0.25, 0.3) is 0 Å². The van der Waals surface area contributed by atoms with Crippen LogP contribution in [0.15, 0.2) is 70.1 Å². The molecular weight excluding hydrogens is 590 g/mol. The van der Waals surface area contributed by atoms with Crippen LogP contribution in [0.2, 0.25) is 0 Å². The second kappa shape index (κ2) is 13.4. The fraction of sp³-hybridized carbons (Fsp3) is 0.382. The molecule has 4 aromatic rings. The van der Waals surface area contributed by atoms with Crippen molar-refractivity contribution < 1.29 is 28.3 Å². The number of nitrogens with one attached hydrogen (secondary N) is 2. The third-order valence-corrected chi connectivity index (χ3v) is 6.80. The van der Waals surface area contributed by atoms with Crippen LogP contribution >= 0.6 is 0 Å². The molecule has 2 aromatic carbocycles. The highest BCUT2D eigenvalue weighted by Gasteiger charge is 2.27. The van der Waals surface area contributed by atoms with Crippen LogP contribution in [0.3, 0.4) is 0 Å². The van der Waals surface area contributed by atoms with Crippen LogP contribution in [0, 0.1) is 11.3 Å². The summed E-state index contributed by atoms with van der Waals surface area (Å²) in [5, 5.41) is 15.2. The number of fused-ring (bicyclic) bond motifs is 1. The average molecular weight is 630 g/mol. The van der Waals surface area contributed by atoms with E-state index in [0.29, 0.717) is 16.7 Å². The third-order valence-electron chi connectivity index (χ3n) is 6.80. The lowest BCUT2D eigenvalue weighted by Crippen LogP contribution is -2.51. The number of aryl methyl sites for hydroxylation is 1. The van der Waals surface area contributed by atoms with Crippen LogP contribution in [-0.2, 0) is 34.2 Å². The number of carbonyl (C=O) groups is 3. The molecule has 2 heterocycles. The normalized spacial score (nSPS) is 13.0. The largest absolute Gasteiger partial charge is 0.444 e. The minimum absolute atomic E-state index is 0.0281. The maximum Gasteiger partial charge on any atom is 0.419 e. The van der Waals surface area contributed by atoms with Crippen molar-refractivity contribution in [1.82, 2.24) is 19.8 Å². The molecule has 12 nitrogen and oxygen atoms in total. The van der Waals surface area contributed by atoms with Gasteiger partial charge >= 0.3 is 17.9 Å². The van der Waals surface area contributed by atoms with Crippen LogP contribution in [0.5, 0.6) is 0 Å². The number of alkyl carbamates (subject to hydrolysis) is 1. The molecule has 242 valence electrons. The van der Waals surface area contributed by atoms with E-state index in [1.165, 1.54) is 21.5 Å². The average Bonchev–Trinajstić information content (AvgIpc) is 3.54. The zero-order valence-corrected chi connectivity index (χ0v) is 27.0. The van der Waals surface area contributed by atoms with Crippen molar-refractivity contribution in [3.63, 3.8) is 0 Å². The van der Waals surface area contributed by atoms with Gasteiger partial charge in [-0.2, -0.15) is 5.26 Å². The van der Waals surface area contributed by atoms with Gasteiger partial charge in [-0.25, -0.2) is 14.4 Å². The van der Waals surface area contributed by atoms with Gasteiger partial charge < -0.3 is 24.5 Å². The summed E-state index contributed by atoms with van der Waals surface area (Å²) in [6.45, 7) is 10.4. The molecule has 12 heteroatoms. The molecule has 0 bridgehead atoms. The van der Waals surface area contributed by atoms with Gasteiger partial charge in [-0.3, -0.25) is 13.9 Å². The van der Waals surface area contributed by atoms with Gasteiger partial charge in [0.1, 0.15) is 23.3 Å². The first-order valence-electron chi connectivity index (χ1n) is 14.8. The van der Waals surface area contributed by atoms with Gasteiger partial charge in [0, 0.05) is 32.3 Å². The minimum Gasteiger partial charge on any atom is -0.444 e. The quantitative estimate of drug-likeness (QED) is 0.274. The topological polar surface area (TPSA) is 158 Å². The van der Waals surface area contributed by atoms with Crippen molar-refractivity contribution in [3.8, 4) is 17.2 Å². The summed E-state index contributed by atoms with van der Waals surface area (Å²) < 4.78 is 18.7. The van der Waals surface area contributed by atoms with Gasteiger partial charge in [0.2, 0.25) is 5.91 Å². The predicted molar refractivity (Wildman–Crippen MR) is 171 cm³/mol. The lowest BCUT2D eigenvalue weighted by molar-refractivity contribution is -0.123. The Morgan fingerprint density at radius 2 is 1.54 bits per heavy atom. The van der Waals surface area contributed by atoms with E-state index < -0.39 is 47.1 Å². The smallest absolute Gasteiger partial charge is 0.419 e. The third kappa shape index (κ3) is 8.88. The van der Waals surface area contributed by atoms with Crippen molar-refractivity contribution in [1.29, 1.82) is 5.26 Å². The number of aromatic nitrogens is 2. The molecule has 4 rings (SSSR count). The maximum atomic E-state index is 13.4. The standard InChI is InChI=1S/C34H39N5O7/c1-33(2,3)45-30(41)37-26(17-22-14-15-39(20-22)32(43)46-34(4,5)6)29(40)36-25(19-35)16-21-8-10-23(11-9-21)24-12-13-28-27(18-24)38(7)31(42)44-28/h8-15,18,20,25-26H,16-17H2,1-7H3,(H,36,40)(H,37,41)/t25-,26?/m0/s1. The first-order chi connectivity index (χ1) is 21.5. The molecule has 0 radical (unpaired) electrons. The molecule has 0 saturated carbocycles. The lowest BCUT2D eigenvalue weighted by atomic mass is 10.0. The van der Waals surface area contributed by atoms with Gasteiger partial charge in [-0.05, 0) is 82.0 Å². The zero-order chi connectivity index (χ0) is 33.8. The molecule has 46 heavy (non-hydrogen) atoms. The van der Waals surface area contributed by atoms with E-state index in [-0.39, 0.29) is 12.8 Å². The number of rotatable bonds is 8. The number of amides is 2. The van der Waals surface area contributed by atoms with Crippen molar-refractivity contribution in [3.05, 3.63) is 82.6 Å². The second-order valence-corrected chi connectivity index (χ2v) is 13.0. The first kappa shape index (κ1) is 33.6. The molecule has 2 aromatic heterocycles. The summed E-state index contributed by atoms with van der Waals surface area (Å²) in [5.41, 5.74) is 2.86. The highest BCUT2D eigenvalue weighted by molar-refractivity contribution is 5.86. The van der Waals surface area contributed by atoms with E-state index in [1.54, 1.807) is 60.7 Å². The van der Waals surface area contributed by atoms with Gasteiger partial charge in [0.05, 0.1) is 11.6 Å². The van der Waals surface area contributed by atoms with Crippen LogP contribution in [0.25, 0.3) is 22.2 Å². The van der Waals surface area contributed by atoms with Crippen molar-refractivity contribution in [2.24, 2.45) is 7.05 Å². The van der Waals surface area contributed by atoms with Crippen molar-refractivity contribution in [2.45, 2.75) is 77.7 Å². The Kier molecular flexibility index (Phi) is 9.75. The maximum absolute atomic E-state index is 13.4. The summed E-state index contributed by atoms with van der Waals surface area (Å²) in [6.07, 6.45) is 1.91. The molecule has 0 fully saturated rings. The Morgan fingerprint density at radius 3 is 2.17 bits per heavy atom. The Labute approximate surface area is 266 Å². The first-order valence-corrected chi connectivity index (χ1v) is 14.8. The second-order valence-electron chi connectivity index (χ2n) is 13.0. The number of hydrogen-bond acceptors (Lipinski definition) is 8. The Morgan fingerprint density at radius 1 is 0.891 bits per heavy atom. The number of carbonyl (C=O) groups excluding carboxylic acids is 3. The van der Waals surface area contributed by atoms with Crippen LogP contribution in [-0.4, -0.2) is 50.5 Å². The van der Waals surface area contributed by atoms with Crippen LogP contribution in [0.1, 0.15) is 52.7 Å². The van der Waals surface area contributed by atoms with E-state index in [9.17, 15) is 24.4 Å². The van der Waals surface area contributed by atoms with E-state index in [1.807, 2.05) is 36.4 Å². The summed E-state index contributed by atoms with van der Waals surface area (Å²) in [7, 11) is 1.64. The van der Waals surface area contributed by atoms with Crippen molar-refractivity contribution in [2.75, 3.05) is 0 Å². The number of oxazole rings is 1. The zero-order valence-electron chi connectivity index (χ0n) is 27.0. The molecular formula is C34H39N5O7.